The van der Waals surface area contributed by atoms with Crippen LogP contribution in [0.3, 0.4) is 0 Å². The Balaban J connectivity index is 1.51. The highest BCUT2D eigenvalue weighted by atomic mass is 16.3. The van der Waals surface area contributed by atoms with Crippen molar-refractivity contribution in [3.05, 3.63) is 114 Å². The first kappa shape index (κ1) is 16.8. The summed E-state index contributed by atoms with van der Waals surface area (Å²) in [7, 11) is 2.10. The molecule has 0 bridgehead atoms. The highest BCUT2D eigenvalue weighted by Crippen LogP contribution is 2.54. The second kappa shape index (κ2) is 6.31. The predicted octanol–water partition coefficient (Wildman–Crippen LogP) is 5.61. The minimum Gasteiger partial charge on any atom is -0.437 e. The molecule has 174 valence electrons. The monoisotopic (exact) mass is 481 g/mol. The van der Waals surface area contributed by atoms with E-state index in [9.17, 15) is 0 Å². The van der Waals surface area contributed by atoms with Crippen molar-refractivity contribution in [2.45, 2.75) is 12.5 Å². The van der Waals surface area contributed by atoms with Crippen LogP contribution >= 0.6 is 0 Å². The van der Waals surface area contributed by atoms with Crippen LogP contribution < -0.4 is 9.13 Å². The number of para-hydroxylation sites is 2. The van der Waals surface area contributed by atoms with Crippen LogP contribution in [-0.2, 0) is 12.7 Å². The maximum absolute atomic E-state index is 7.86. The molecule has 0 fully saturated rings. The van der Waals surface area contributed by atoms with Gasteiger partial charge in [0.2, 0.25) is 11.4 Å². The molecule has 37 heavy (non-hydrogen) atoms. The normalized spacial score (nSPS) is 18.6. The number of fused-ring (bicyclic) bond motifs is 16. The van der Waals surface area contributed by atoms with Gasteiger partial charge in [0.15, 0.2) is 22.8 Å². The van der Waals surface area contributed by atoms with Gasteiger partial charge in [0.05, 0.1) is 23.7 Å². The molecule has 3 aromatic carbocycles. The standard InChI is InChI=1S/C32H22N4O/c1-19-14-15-21-20-16-17-24-28(29(20)37-30(21)33-19)31-34(2)26-12-5-6-13-27(26)36(31)32(24)23-10-4-3-9-22(23)25-11-7-8-18-35(25)32/h3-18H,1-2H3/q+2/i1D3. The van der Waals surface area contributed by atoms with Gasteiger partial charge in [-0.05, 0) is 61.4 Å². The van der Waals surface area contributed by atoms with Crippen LogP contribution in [-0.4, -0.2) is 9.55 Å². The number of benzene rings is 3. The topological polar surface area (TPSA) is 38.7 Å². The summed E-state index contributed by atoms with van der Waals surface area (Å²) in [6.07, 6.45) is 2.16. The van der Waals surface area contributed by atoms with Gasteiger partial charge in [0.1, 0.15) is 5.56 Å². The van der Waals surface area contributed by atoms with Crippen LogP contribution in [0.15, 0.2) is 102 Å². The van der Waals surface area contributed by atoms with E-state index in [0.29, 0.717) is 11.3 Å². The van der Waals surface area contributed by atoms with Gasteiger partial charge in [-0.15, -0.1) is 4.57 Å². The molecular formula is C32H22N4O+2. The number of hydrogen-bond donors (Lipinski definition) is 0. The van der Waals surface area contributed by atoms with E-state index in [0.717, 1.165) is 44.5 Å². The van der Waals surface area contributed by atoms with Gasteiger partial charge in [-0.25, -0.2) is 9.55 Å². The Morgan fingerprint density at radius 1 is 0.865 bits per heavy atom. The first-order valence-corrected chi connectivity index (χ1v) is 12.4. The molecule has 7 aromatic rings. The summed E-state index contributed by atoms with van der Waals surface area (Å²) in [5, 5.41) is 1.72. The Morgan fingerprint density at radius 2 is 1.70 bits per heavy atom. The van der Waals surface area contributed by atoms with Crippen molar-refractivity contribution in [1.82, 2.24) is 9.55 Å². The third-order valence-corrected chi connectivity index (χ3v) is 8.23. The van der Waals surface area contributed by atoms with Gasteiger partial charge in [0, 0.05) is 32.7 Å². The number of nitrogens with zero attached hydrogens (tertiary/aromatic N) is 4. The summed E-state index contributed by atoms with van der Waals surface area (Å²) in [4.78, 5) is 4.44. The fraction of sp³-hybridized carbons (Fsp3) is 0.0938. The van der Waals surface area contributed by atoms with Crippen LogP contribution in [0.1, 0.15) is 20.9 Å². The maximum Gasteiger partial charge on any atom is 0.364 e. The molecule has 2 aliphatic heterocycles. The van der Waals surface area contributed by atoms with Gasteiger partial charge in [-0.2, -0.15) is 4.57 Å². The van der Waals surface area contributed by atoms with Gasteiger partial charge in [-0.3, -0.25) is 0 Å². The fourth-order valence-electron chi connectivity index (χ4n) is 6.86. The van der Waals surface area contributed by atoms with Crippen LogP contribution in [0.25, 0.3) is 55.7 Å². The summed E-state index contributed by atoms with van der Waals surface area (Å²) in [6.45, 7) is -2.31. The molecule has 4 aromatic heterocycles. The molecule has 0 amide bonds. The van der Waals surface area contributed by atoms with Crippen molar-refractivity contribution in [3.8, 4) is 22.6 Å². The molecule has 1 unspecified atom stereocenters. The Kier molecular flexibility index (Phi) is 2.87. The molecule has 1 atom stereocenters. The molecule has 0 saturated heterocycles. The molecular weight excluding hydrogens is 456 g/mol. The van der Waals surface area contributed by atoms with E-state index in [4.69, 9.17) is 8.53 Å². The third-order valence-electron chi connectivity index (χ3n) is 8.23. The quantitative estimate of drug-likeness (QED) is 0.264. The molecule has 1 spiro atoms. The summed E-state index contributed by atoms with van der Waals surface area (Å²) >= 11 is 0. The first-order chi connectivity index (χ1) is 19.4. The summed E-state index contributed by atoms with van der Waals surface area (Å²) in [5.41, 5.74) is 8.25. The summed E-state index contributed by atoms with van der Waals surface area (Å²) in [6, 6.07) is 31.1. The Morgan fingerprint density at radius 3 is 2.65 bits per heavy atom. The minimum atomic E-state index is -2.31. The Labute approximate surface area is 216 Å². The lowest BCUT2D eigenvalue weighted by Crippen LogP contribution is -2.58. The van der Waals surface area contributed by atoms with E-state index in [1.54, 1.807) is 6.07 Å². The summed E-state index contributed by atoms with van der Waals surface area (Å²) in [5.74, 6) is 1.02. The molecule has 0 saturated carbocycles. The highest BCUT2D eigenvalue weighted by Gasteiger charge is 2.66. The zero-order valence-electron chi connectivity index (χ0n) is 22.9. The van der Waals surface area contributed by atoms with Crippen LogP contribution in [0.4, 0.5) is 0 Å². The van der Waals surface area contributed by atoms with Gasteiger partial charge in [-0.1, -0.05) is 24.3 Å². The maximum atomic E-state index is 7.86. The molecule has 5 heteroatoms. The molecule has 0 N–H and O–H groups in total. The van der Waals surface area contributed by atoms with Crippen molar-refractivity contribution >= 4 is 33.1 Å². The van der Waals surface area contributed by atoms with E-state index in [-0.39, 0.29) is 5.69 Å². The number of pyridine rings is 2. The predicted molar refractivity (Wildman–Crippen MR) is 142 cm³/mol. The van der Waals surface area contributed by atoms with Crippen molar-refractivity contribution in [1.29, 1.82) is 0 Å². The van der Waals surface area contributed by atoms with Crippen molar-refractivity contribution in [2.24, 2.45) is 7.05 Å². The lowest BCUT2D eigenvalue weighted by Gasteiger charge is -2.20. The summed E-state index contributed by atoms with van der Waals surface area (Å²) < 4.78 is 37.1. The Hall–Kier alpha value is -4.77. The number of aromatic nitrogens is 4. The fourth-order valence-corrected chi connectivity index (χ4v) is 6.86. The Bertz CT molecular complexity index is 2200. The number of rotatable bonds is 0. The molecule has 2 aliphatic rings. The lowest BCUT2D eigenvalue weighted by molar-refractivity contribution is -0.734. The number of aryl methyl sites for hydroxylation is 2. The van der Waals surface area contributed by atoms with E-state index in [1.807, 2.05) is 6.07 Å². The molecule has 5 nitrogen and oxygen atoms in total. The lowest BCUT2D eigenvalue weighted by atomic mass is 9.89. The number of imidazole rings is 1. The van der Waals surface area contributed by atoms with E-state index >= 15 is 0 Å². The highest BCUT2D eigenvalue weighted by molar-refractivity contribution is 6.10. The van der Waals surface area contributed by atoms with Gasteiger partial charge < -0.3 is 4.42 Å². The average molecular weight is 482 g/mol. The molecule has 0 aliphatic carbocycles. The zero-order valence-corrected chi connectivity index (χ0v) is 19.9. The number of furan rings is 1. The van der Waals surface area contributed by atoms with Gasteiger partial charge >= 0.3 is 5.66 Å². The SMILES string of the molecule is [2H]C([2H])([2H])c1ccc2c(n1)oc1c3c(ccc12)C1(c2ccccc2-c2cccc[n+]21)n1c-3[n+](C)c2ccccc21. The minimum absolute atomic E-state index is 0.0287. The van der Waals surface area contributed by atoms with Crippen molar-refractivity contribution < 1.29 is 17.7 Å². The zero-order chi connectivity index (χ0) is 27.0. The van der Waals surface area contributed by atoms with Crippen LogP contribution in [0.2, 0.25) is 0 Å². The molecule has 0 radical (unpaired) electrons. The van der Waals surface area contributed by atoms with Crippen LogP contribution in [0.5, 0.6) is 0 Å². The first-order valence-electron chi connectivity index (χ1n) is 13.9. The van der Waals surface area contributed by atoms with E-state index in [1.165, 1.54) is 11.1 Å². The smallest absolute Gasteiger partial charge is 0.364 e. The van der Waals surface area contributed by atoms with Crippen molar-refractivity contribution in [3.63, 3.8) is 0 Å². The van der Waals surface area contributed by atoms with Gasteiger partial charge in [0.25, 0.3) is 5.82 Å². The van der Waals surface area contributed by atoms with E-state index < -0.39 is 12.5 Å². The largest absolute Gasteiger partial charge is 0.437 e. The second-order valence-corrected chi connectivity index (χ2v) is 9.90. The van der Waals surface area contributed by atoms with E-state index in [2.05, 4.69) is 111 Å². The average Bonchev–Trinajstić information content (AvgIpc) is 3.66. The van der Waals surface area contributed by atoms with Crippen LogP contribution in [0, 0.1) is 6.85 Å². The number of hydrogen-bond acceptors (Lipinski definition) is 2. The third kappa shape index (κ3) is 2.04. The molecule has 9 rings (SSSR count). The molecule has 6 heterocycles. The second-order valence-electron chi connectivity index (χ2n) is 9.90. The van der Waals surface area contributed by atoms with Crippen molar-refractivity contribution in [2.75, 3.05) is 0 Å².